The van der Waals surface area contributed by atoms with Crippen molar-refractivity contribution in [3.63, 3.8) is 0 Å². The zero-order valence-corrected chi connectivity index (χ0v) is 41.7. The van der Waals surface area contributed by atoms with Crippen LogP contribution in [0.3, 0.4) is 0 Å². The molecule has 16 nitrogen and oxygen atoms in total. The molecule has 18 heteroatoms. The van der Waals surface area contributed by atoms with Crippen molar-refractivity contribution in [2.75, 3.05) is 19.8 Å². The molecule has 0 bridgehead atoms. The summed E-state index contributed by atoms with van der Waals surface area (Å²) >= 11 is 1.57. The van der Waals surface area contributed by atoms with E-state index in [4.69, 9.17) is 38.1 Å². The van der Waals surface area contributed by atoms with E-state index < -0.39 is 43.8 Å². The molecule has 2 saturated carbocycles. The fraction of sp³-hybridized carbons (Fsp3) is 0.585. The minimum atomic E-state index is -1.16. The van der Waals surface area contributed by atoms with Crippen LogP contribution in [-0.4, -0.2) is 99.3 Å². The molecule has 0 aliphatic heterocycles. The molecule has 1 heterocycles. The van der Waals surface area contributed by atoms with Crippen LogP contribution in [0.25, 0.3) is 11.3 Å². The van der Waals surface area contributed by atoms with Crippen LogP contribution >= 0.6 is 11.3 Å². The molecular weight excluding hydrogens is 928 g/mol. The molecule has 1 aromatic heterocycles. The Morgan fingerprint density at radius 2 is 1.42 bits per heavy atom. The monoisotopic (exact) mass is 996 g/mol. The number of aliphatic hydroxyl groups excluding tert-OH is 6. The Bertz CT molecular complexity index is 2190. The average molecular weight is 997 g/mol. The Kier molecular flexibility index (Phi) is 22.1. The normalized spacial score (nSPS) is 26.2. The van der Waals surface area contributed by atoms with E-state index in [1.54, 1.807) is 42.5 Å². The molecule has 1 aromatic carbocycles. The molecule has 0 radical (unpaired) electrons. The van der Waals surface area contributed by atoms with Gasteiger partial charge in [0.2, 0.25) is 0 Å². The number of nitrogens with zero attached hydrogens (tertiary/aromatic N) is 2. The van der Waals surface area contributed by atoms with Crippen molar-refractivity contribution in [2.45, 2.75) is 147 Å². The summed E-state index contributed by atoms with van der Waals surface area (Å²) in [5.74, 6) is 1.57. The van der Waals surface area contributed by atoms with E-state index in [1.165, 1.54) is 18.2 Å². The summed E-state index contributed by atoms with van der Waals surface area (Å²) < 4.78 is 40.9. The average Bonchev–Trinajstić information content (AvgIpc) is 3.85. The molecule has 0 spiro atoms. The van der Waals surface area contributed by atoms with Crippen molar-refractivity contribution in [1.82, 2.24) is 4.98 Å². The number of fused-ring (bicyclic) bond motifs is 1. The number of hydrogen-bond donors (Lipinski definition) is 6. The van der Waals surface area contributed by atoms with Crippen LogP contribution in [-0.2, 0) is 28.4 Å². The zero-order chi connectivity index (χ0) is 49.6. The number of nitriles is 1. The molecule has 0 amide bonds. The fourth-order valence-corrected chi connectivity index (χ4v) is 10.7. The van der Waals surface area contributed by atoms with Gasteiger partial charge in [-0.05, 0) is 113 Å². The third-order valence-electron chi connectivity index (χ3n) is 13.8. The smallest absolute Gasteiger partial charge is 0.872 e. The number of hydrogen-bond acceptors (Lipinski definition) is 17. The molecule has 2 aromatic rings. The van der Waals surface area contributed by atoms with E-state index in [0.717, 1.165) is 15.5 Å². The predicted octanol–water partition coefficient (Wildman–Crippen LogP) is 4.15. The third kappa shape index (κ3) is 16.3. The molecule has 6 N–H and O–H groups in total. The van der Waals surface area contributed by atoms with E-state index in [9.17, 15) is 41.0 Å². The molecule has 5 aliphatic carbocycles. The van der Waals surface area contributed by atoms with Crippen LogP contribution in [0.15, 0.2) is 84.9 Å². The van der Waals surface area contributed by atoms with Crippen LogP contribution in [0, 0.1) is 40.9 Å². The summed E-state index contributed by atoms with van der Waals surface area (Å²) in [7, 11) is 0. The summed E-state index contributed by atoms with van der Waals surface area (Å²) in [6, 6.07) is 8.20. The standard InChI is InChI=1S/C53H70N2O14S.Li/c1-3-45(57)65-31-43(66-46(58)4-2)30-64-40-22-24-42(25-23-40)68-52(61)37-13-15-38(16-14-37)53(62)69-44-26-17-33(48-47(44)55-49(70-48)34-7-5-32(29-54)6-8-34)27-28-63-50(59)35-9-11-36(12-10-35)51(60)67-41-20-18-39(56)19-21-41;/h3,5,7-8,18-22,24,26,32-33,35-38,43,45-46,50-53,56-62H,1,4,6,9-17,23,25,27-28,30-31H2,2H3;/q;+1/p-1. The Morgan fingerprint density at radius 3 is 2.01 bits per heavy atom. The van der Waals surface area contributed by atoms with Gasteiger partial charge in [0.05, 0.1) is 31.0 Å². The Hall–Kier alpha value is -3.98. The minimum absolute atomic E-state index is 0. The van der Waals surface area contributed by atoms with Gasteiger partial charge >= 0.3 is 18.9 Å². The number of rotatable bonds is 25. The zero-order valence-electron chi connectivity index (χ0n) is 40.8. The largest absolute Gasteiger partial charge is 1.00 e. The first-order chi connectivity index (χ1) is 33.9. The van der Waals surface area contributed by atoms with Crippen LogP contribution in [0.1, 0.15) is 118 Å². The second-order valence-corrected chi connectivity index (χ2v) is 19.8. The summed E-state index contributed by atoms with van der Waals surface area (Å²) in [5, 5.41) is 85.7. The first-order valence-corrected chi connectivity index (χ1v) is 25.6. The molecule has 382 valence electrons. The number of thiazole rings is 1. The first kappa shape index (κ1) is 56.3. The van der Waals surface area contributed by atoms with Crippen LogP contribution in [0.4, 0.5) is 0 Å². The van der Waals surface area contributed by atoms with Crippen molar-refractivity contribution >= 4 is 22.7 Å². The van der Waals surface area contributed by atoms with Gasteiger partial charge in [-0.1, -0.05) is 43.9 Å². The van der Waals surface area contributed by atoms with E-state index in [-0.39, 0.29) is 73.3 Å². The van der Waals surface area contributed by atoms with Crippen LogP contribution in [0.2, 0.25) is 0 Å². The van der Waals surface area contributed by atoms with E-state index in [0.29, 0.717) is 125 Å². The van der Waals surface area contributed by atoms with Gasteiger partial charge in [0.25, 0.3) is 0 Å². The summed E-state index contributed by atoms with van der Waals surface area (Å²) in [6.45, 7) is 5.69. The molecular formula is C53H69LiN2O14S. The first-order valence-electron chi connectivity index (χ1n) is 24.8. The van der Waals surface area contributed by atoms with Crippen molar-refractivity contribution in [1.29, 1.82) is 5.26 Å². The molecule has 0 saturated heterocycles. The predicted molar refractivity (Wildman–Crippen MR) is 257 cm³/mol. The van der Waals surface area contributed by atoms with Gasteiger partial charge < -0.3 is 68.9 Å². The Morgan fingerprint density at radius 1 is 0.803 bits per heavy atom. The maximum atomic E-state index is 11.5. The number of allylic oxidation sites excluding steroid dienone is 9. The molecule has 2 fully saturated rings. The number of aromatic nitrogens is 1. The number of ether oxygens (including phenoxy) is 7. The topological polar surface area (TPSA) is 246 Å². The van der Waals surface area contributed by atoms with E-state index in [2.05, 4.69) is 12.6 Å². The summed E-state index contributed by atoms with van der Waals surface area (Å²) in [5.41, 5.74) is 1.61. The fourth-order valence-electron chi connectivity index (χ4n) is 9.45. The number of aliphatic hydroxyl groups is 6. The second kappa shape index (κ2) is 27.9. The molecule has 5 aliphatic rings. The van der Waals surface area contributed by atoms with Crippen molar-refractivity contribution in [3.8, 4) is 17.6 Å². The van der Waals surface area contributed by atoms with Crippen molar-refractivity contribution in [3.05, 3.63) is 100 Å². The SMILES string of the molecule is C=CC(O)OCC(COC1=CC=C(OC(O)C2CCC(C(O)OC3=CCC(CCOC(O)C4CCC(C(O)Oc5ccc([O-])cc5)CC4)c4sc(C5=CCC(C#N)C=C5)nc43)CC2)CC1)OC(O)CC.[Li+]. The second-order valence-electron chi connectivity index (χ2n) is 18.8. The Balaban J connectivity index is 0.00000825. The van der Waals surface area contributed by atoms with Gasteiger partial charge in [0, 0.05) is 52.9 Å². The quantitative estimate of drug-likeness (QED) is 0.0465. The maximum Gasteiger partial charge on any atom is 1.00 e. The molecule has 7 rings (SSSR count). The van der Waals surface area contributed by atoms with Crippen molar-refractivity contribution in [2.24, 2.45) is 29.6 Å². The van der Waals surface area contributed by atoms with Gasteiger partial charge in [-0.15, -0.1) is 17.1 Å². The van der Waals surface area contributed by atoms with E-state index >= 15 is 0 Å². The summed E-state index contributed by atoms with van der Waals surface area (Å²) in [6.07, 6.45) is 14.4. The van der Waals surface area contributed by atoms with Crippen molar-refractivity contribution < 1.29 is 87.8 Å². The molecule has 9 atom stereocenters. The molecule has 71 heavy (non-hydrogen) atoms. The van der Waals surface area contributed by atoms with Gasteiger partial charge in [-0.25, -0.2) is 4.98 Å². The van der Waals surface area contributed by atoms with E-state index in [1.807, 2.05) is 24.3 Å². The Labute approximate surface area is 432 Å². The van der Waals surface area contributed by atoms with Gasteiger partial charge in [-0.2, -0.15) is 5.26 Å². The van der Waals surface area contributed by atoms with Crippen LogP contribution < -0.4 is 28.7 Å². The third-order valence-corrected chi connectivity index (χ3v) is 15.1. The molecule has 9 unspecified atom stereocenters. The van der Waals surface area contributed by atoms with Crippen LogP contribution in [0.5, 0.6) is 11.5 Å². The van der Waals surface area contributed by atoms with Gasteiger partial charge in [0.1, 0.15) is 40.7 Å². The summed E-state index contributed by atoms with van der Waals surface area (Å²) in [4.78, 5) is 6.06. The minimum Gasteiger partial charge on any atom is -0.872 e. The van der Waals surface area contributed by atoms with Gasteiger partial charge in [-0.3, -0.25) is 0 Å². The number of benzene rings is 1. The van der Waals surface area contributed by atoms with Gasteiger partial charge in [0.15, 0.2) is 37.7 Å². The maximum absolute atomic E-state index is 11.5.